The third-order valence-corrected chi connectivity index (χ3v) is 5.27. The second-order valence-electron chi connectivity index (χ2n) is 7.05. The number of rotatable bonds is 4. The van der Waals surface area contributed by atoms with Crippen LogP contribution in [-0.2, 0) is 22.7 Å². The van der Waals surface area contributed by atoms with Crippen molar-refractivity contribution in [2.24, 2.45) is 0 Å². The quantitative estimate of drug-likeness (QED) is 0.795. The fourth-order valence-corrected chi connectivity index (χ4v) is 3.82. The van der Waals surface area contributed by atoms with Crippen molar-refractivity contribution in [2.45, 2.75) is 38.9 Å². The second-order valence-corrected chi connectivity index (χ2v) is 7.05. The van der Waals surface area contributed by atoms with E-state index < -0.39 is 0 Å². The summed E-state index contributed by atoms with van der Waals surface area (Å²) in [6, 6.07) is 5.52. The van der Waals surface area contributed by atoms with E-state index in [2.05, 4.69) is 10.2 Å². The molecule has 9 heteroatoms. The van der Waals surface area contributed by atoms with Gasteiger partial charge < -0.3 is 19.1 Å². The molecule has 1 unspecified atom stereocenters. The molecular formula is C19H22FN5O3. The van der Waals surface area contributed by atoms with Gasteiger partial charge in [-0.15, -0.1) is 10.2 Å². The number of benzene rings is 1. The van der Waals surface area contributed by atoms with Gasteiger partial charge in [-0.2, -0.15) is 0 Å². The van der Waals surface area contributed by atoms with Gasteiger partial charge in [-0.3, -0.25) is 9.59 Å². The summed E-state index contributed by atoms with van der Waals surface area (Å²) in [4.78, 5) is 27.8. The first-order chi connectivity index (χ1) is 13.5. The third kappa shape index (κ3) is 3.56. The van der Waals surface area contributed by atoms with Crippen LogP contribution in [0.5, 0.6) is 5.75 Å². The maximum Gasteiger partial charge on any atom is 0.260 e. The van der Waals surface area contributed by atoms with Crippen LogP contribution in [0.15, 0.2) is 24.3 Å². The van der Waals surface area contributed by atoms with Crippen LogP contribution in [0.25, 0.3) is 0 Å². The van der Waals surface area contributed by atoms with E-state index in [1.165, 1.54) is 24.3 Å². The molecule has 2 amide bonds. The van der Waals surface area contributed by atoms with Crippen molar-refractivity contribution in [3.63, 3.8) is 0 Å². The van der Waals surface area contributed by atoms with E-state index in [-0.39, 0.29) is 30.3 Å². The minimum atomic E-state index is -0.351. The number of hydrogen-bond donors (Lipinski definition) is 0. The van der Waals surface area contributed by atoms with Crippen LogP contribution in [0, 0.1) is 5.82 Å². The van der Waals surface area contributed by atoms with Gasteiger partial charge >= 0.3 is 0 Å². The first-order valence-corrected chi connectivity index (χ1v) is 9.38. The number of aromatic nitrogens is 3. The first kappa shape index (κ1) is 18.4. The molecule has 3 heterocycles. The molecule has 1 aromatic carbocycles. The molecule has 148 valence electrons. The Morgan fingerprint density at radius 2 is 1.96 bits per heavy atom. The molecule has 2 aromatic rings. The molecule has 1 saturated heterocycles. The van der Waals surface area contributed by atoms with Gasteiger partial charge in [0.1, 0.15) is 11.6 Å². The van der Waals surface area contributed by atoms with E-state index in [9.17, 15) is 14.0 Å². The molecule has 0 aliphatic carbocycles. The fourth-order valence-electron chi connectivity index (χ4n) is 3.82. The van der Waals surface area contributed by atoms with Gasteiger partial charge in [0.2, 0.25) is 5.91 Å². The smallest absolute Gasteiger partial charge is 0.260 e. The van der Waals surface area contributed by atoms with Crippen LogP contribution in [0.1, 0.15) is 37.5 Å². The lowest BCUT2D eigenvalue weighted by atomic mass is 10.2. The van der Waals surface area contributed by atoms with Crippen molar-refractivity contribution in [3.8, 4) is 5.75 Å². The summed E-state index contributed by atoms with van der Waals surface area (Å²) >= 11 is 0. The largest absolute Gasteiger partial charge is 0.484 e. The molecule has 8 nitrogen and oxygen atoms in total. The normalized spacial score (nSPS) is 18.9. The highest BCUT2D eigenvalue weighted by atomic mass is 19.1. The maximum absolute atomic E-state index is 12.9. The summed E-state index contributed by atoms with van der Waals surface area (Å²) in [6.07, 6.45) is 1.84. The van der Waals surface area contributed by atoms with Crippen LogP contribution >= 0.6 is 0 Å². The topological polar surface area (TPSA) is 80.6 Å². The standard InChI is InChI=1S/C19H22FN5O3/c1-13(26)24-8-2-3-16(24)19-22-21-17-11-23(9-10-25(17)19)18(27)12-28-15-6-4-14(20)5-7-15/h4-7,16H,2-3,8-12H2,1H3. The molecular weight excluding hydrogens is 365 g/mol. The van der Waals surface area contributed by atoms with Crippen LogP contribution in [0.4, 0.5) is 4.39 Å². The highest BCUT2D eigenvalue weighted by molar-refractivity contribution is 5.77. The summed E-state index contributed by atoms with van der Waals surface area (Å²) in [5.41, 5.74) is 0. The molecule has 2 aliphatic rings. The minimum absolute atomic E-state index is 0.0391. The van der Waals surface area contributed by atoms with Gasteiger partial charge in [0.05, 0.1) is 12.6 Å². The molecule has 0 spiro atoms. The molecule has 1 fully saturated rings. The molecule has 1 atom stereocenters. The van der Waals surface area contributed by atoms with Gasteiger partial charge in [0.25, 0.3) is 5.91 Å². The number of hydrogen-bond acceptors (Lipinski definition) is 5. The van der Waals surface area contributed by atoms with Crippen LogP contribution in [-0.4, -0.2) is 56.1 Å². The highest BCUT2D eigenvalue weighted by Gasteiger charge is 2.34. The zero-order chi connectivity index (χ0) is 19.7. The number of ether oxygens (including phenoxy) is 1. The minimum Gasteiger partial charge on any atom is -0.484 e. The molecule has 0 saturated carbocycles. The zero-order valence-corrected chi connectivity index (χ0v) is 15.7. The molecule has 1 aromatic heterocycles. The summed E-state index contributed by atoms with van der Waals surface area (Å²) in [5, 5.41) is 8.58. The Morgan fingerprint density at radius 3 is 2.71 bits per heavy atom. The van der Waals surface area contributed by atoms with Crippen molar-refractivity contribution in [1.82, 2.24) is 24.6 Å². The SMILES string of the molecule is CC(=O)N1CCCC1c1nnc2n1CCN(C(=O)COc1ccc(F)cc1)C2. The lowest BCUT2D eigenvalue weighted by Crippen LogP contribution is -2.41. The Morgan fingerprint density at radius 1 is 1.18 bits per heavy atom. The van der Waals surface area contributed by atoms with Crippen molar-refractivity contribution in [1.29, 1.82) is 0 Å². The summed E-state index contributed by atoms with van der Waals surface area (Å²) in [6.45, 7) is 3.66. The zero-order valence-electron chi connectivity index (χ0n) is 15.7. The average Bonchev–Trinajstić information content (AvgIpc) is 3.33. The molecule has 28 heavy (non-hydrogen) atoms. The van der Waals surface area contributed by atoms with Crippen LogP contribution < -0.4 is 4.74 Å². The molecule has 2 aliphatic heterocycles. The summed E-state index contributed by atoms with van der Waals surface area (Å²) in [7, 11) is 0. The summed E-state index contributed by atoms with van der Waals surface area (Å²) in [5.74, 6) is 1.50. The van der Waals surface area contributed by atoms with Crippen molar-refractivity contribution >= 4 is 11.8 Å². The van der Waals surface area contributed by atoms with Gasteiger partial charge in [0.15, 0.2) is 18.3 Å². The number of amides is 2. The van der Waals surface area contributed by atoms with E-state index in [0.29, 0.717) is 31.2 Å². The number of carbonyl (C=O) groups excluding carboxylic acids is 2. The van der Waals surface area contributed by atoms with Gasteiger partial charge in [-0.25, -0.2) is 4.39 Å². The second kappa shape index (κ2) is 7.57. The number of nitrogens with zero attached hydrogens (tertiary/aromatic N) is 5. The van der Waals surface area contributed by atoms with Gasteiger partial charge in [-0.1, -0.05) is 0 Å². The van der Waals surface area contributed by atoms with Gasteiger partial charge in [0, 0.05) is 26.6 Å². The monoisotopic (exact) mass is 387 g/mol. The number of fused-ring (bicyclic) bond motifs is 1. The lowest BCUT2D eigenvalue weighted by Gasteiger charge is -2.29. The molecule has 4 rings (SSSR count). The van der Waals surface area contributed by atoms with Crippen molar-refractivity contribution in [3.05, 3.63) is 41.7 Å². The van der Waals surface area contributed by atoms with Crippen LogP contribution in [0.3, 0.4) is 0 Å². The van der Waals surface area contributed by atoms with Crippen molar-refractivity contribution in [2.75, 3.05) is 19.7 Å². The predicted molar refractivity (Wildman–Crippen MR) is 96.7 cm³/mol. The van der Waals surface area contributed by atoms with E-state index in [0.717, 1.165) is 25.2 Å². The highest BCUT2D eigenvalue weighted by Crippen LogP contribution is 2.32. The number of halogens is 1. The third-order valence-electron chi connectivity index (χ3n) is 5.27. The Balaban J connectivity index is 1.40. The Labute approximate surface area is 161 Å². The average molecular weight is 387 g/mol. The van der Waals surface area contributed by atoms with Crippen molar-refractivity contribution < 1.29 is 18.7 Å². The Hall–Kier alpha value is -2.97. The van der Waals surface area contributed by atoms with Gasteiger partial charge in [-0.05, 0) is 37.1 Å². The van der Waals surface area contributed by atoms with Crippen LogP contribution in [0.2, 0.25) is 0 Å². The molecule has 0 bridgehead atoms. The van der Waals surface area contributed by atoms with E-state index >= 15 is 0 Å². The molecule has 0 N–H and O–H groups in total. The predicted octanol–water partition coefficient (Wildman–Crippen LogP) is 1.52. The Bertz CT molecular complexity index is 882. The lowest BCUT2D eigenvalue weighted by molar-refractivity contribution is -0.134. The fraction of sp³-hybridized carbons (Fsp3) is 0.474. The Kier molecular flexibility index (Phi) is 4.97. The summed E-state index contributed by atoms with van der Waals surface area (Å²) < 4.78 is 20.4. The van der Waals surface area contributed by atoms with E-state index in [1.807, 2.05) is 9.47 Å². The number of carbonyl (C=O) groups is 2. The number of likely N-dealkylation sites (tertiary alicyclic amines) is 1. The first-order valence-electron chi connectivity index (χ1n) is 9.38. The van der Waals surface area contributed by atoms with E-state index in [1.54, 1.807) is 11.8 Å². The molecule has 0 radical (unpaired) electrons. The maximum atomic E-state index is 12.9. The van der Waals surface area contributed by atoms with E-state index in [4.69, 9.17) is 4.74 Å².